The van der Waals surface area contributed by atoms with Crippen molar-refractivity contribution in [3.63, 3.8) is 0 Å². The summed E-state index contributed by atoms with van der Waals surface area (Å²) in [6.45, 7) is 5.70. The Hall–Kier alpha value is -3.17. The third kappa shape index (κ3) is 3.57. The van der Waals surface area contributed by atoms with Crippen molar-refractivity contribution in [1.82, 2.24) is 20.0 Å². The van der Waals surface area contributed by atoms with E-state index in [0.717, 1.165) is 50.3 Å². The number of carbonyl (C=O) groups is 2. The predicted molar refractivity (Wildman–Crippen MR) is 110 cm³/mol. The second-order valence-electron chi connectivity index (χ2n) is 7.50. The Morgan fingerprint density at radius 2 is 2.10 bits per heavy atom. The van der Waals surface area contributed by atoms with Crippen LogP contribution in [0.4, 0.5) is 5.69 Å². The average Bonchev–Trinajstić information content (AvgIpc) is 3.38. The van der Waals surface area contributed by atoms with E-state index < -0.39 is 0 Å². The lowest BCUT2D eigenvalue weighted by molar-refractivity contribution is 0.0361. The van der Waals surface area contributed by atoms with Crippen LogP contribution >= 0.6 is 0 Å². The number of hydrogen-bond acceptors (Lipinski definition) is 6. The third-order valence-electron chi connectivity index (χ3n) is 5.61. The van der Waals surface area contributed by atoms with Crippen LogP contribution in [0.25, 0.3) is 10.9 Å². The number of nitrogens with zero attached hydrogens (tertiary/aromatic N) is 3. The highest BCUT2D eigenvalue weighted by Crippen LogP contribution is 2.24. The minimum absolute atomic E-state index is 0.253. The Labute approximate surface area is 173 Å². The maximum Gasteiger partial charge on any atom is 0.259 e. The zero-order chi connectivity index (χ0) is 20.5. The Morgan fingerprint density at radius 1 is 1.23 bits per heavy atom. The molecule has 1 aromatic carbocycles. The Morgan fingerprint density at radius 3 is 2.97 bits per heavy atom. The number of carbonyl (C=O) groups excluding carboxylic acids is 2. The summed E-state index contributed by atoms with van der Waals surface area (Å²) in [7, 11) is 0. The number of morpholine rings is 1. The van der Waals surface area contributed by atoms with E-state index in [1.807, 2.05) is 22.9 Å². The van der Waals surface area contributed by atoms with Gasteiger partial charge in [-0.1, -0.05) is 0 Å². The molecule has 9 heteroatoms. The summed E-state index contributed by atoms with van der Waals surface area (Å²) in [4.78, 5) is 27.2. The first-order valence-electron chi connectivity index (χ1n) is 10.1. The van der Waals surface area contributed by atoms with Gasteiger partial charge in [-0.05, 0) is 18.2 Å². The van der Waals surface area contributed by atoms with Crippen molar-refractivity contribution in [2.75, 3.05) is 44.7 Å². The number of ether oxygens (including phenoxy) is 1. The van der Waals surface area contributed by atoms with Crippen LogP contribution in [0.5, 0.6) is 0 Å². The fraction of sp³-hybridized carbons (Fsp3) is 0.381. The topological polar surface area (TPSA) is 102 Å². The summed E-state index contributed by atoms with van der Waals surface area (Å²) in [6, 6.07) is 5.69. The van der Waals surface area contributed by atoms with Gasteiger partial charge >= 0.3 is 0 Å². The molecular formula is C21H23N5O4. The summed E-state index contributed by atoms with van der Waals surface area (Å²) >= 11 is 0. The molecule has 2 aliphatic heterocycles. The van der Waals surface area contributed by atoms with Crippen LogP contribution in [0.3, 0.4) is 0 Å². The molecule has 30 heavy (non-hydrogen) atoms. The number of amides is 2. The molecule has 2 aromatic heterocycles. The summed E-state index contributed by atoms with van der Waals surface area (Å²) in [5.74, 6) is -0.0795. The van der Waals surface area contributed by atoms with Gasteiger partial charge < -0.3 is 19.8 Å². The first-order chi connectivity index (χ1) is 14.7. The quantitative estimate of drug-likeness (QED) is 0.662. The summed E-state index contributed by atoms with van der Waals surface area (Å²) in [5, 5.41) is 11.0. The molecule has 1 saturated heterocycles. The lowest BCUT2D eigenvalue weighted by atomic mass is 10.0. The molecule has 5 rings (SSSR count). The molecule has 0 spiro atoms. The van der Waals surface area contributed by atoms with Gasteiger partial charge in [0, 0.05) is 43.7 Å². The number of furan rings is 1. The molecule has 0 bridgehead atoms. The van der Waals surface area contributed by atoms with Crippen molar-refractivity contribution >= 4 is 28.4 Å². The van der Waals surface area contributed by atoms with Crippen LogP contribution in [0, 0.1) is 0 Å². The largest absolute Gasteiger partial charge is 0.468 e. The number of nitrogens with one attached hydrogen (secondary N) is 2. The van der Waals surface area contributed by atoms with E-state index in [-0.39, 0.29) is 17.4 Å². The van der Waals surface area contributed by atoms with Crippen molar-refractivity contribution in [3.8, 4) is 0 Å². The normalized spacial score (nSPS) is 17.0. The van der Waals surface area contributed by atoms with E-state index in [9.17, 15) is 9.59 Å². The van der Waals surface area contributed by atoms with Gasteiger partial charge in [-0.15, -0.1) is 0 Å². The van der Waals surface area contributed by atoms with Gasteiger partial charge in [0.05, 0.1) is 42.6 Å². The minimum Gasteiger partial charge on any atom is -0.468 e. The van der Waals surface area contributed by atoms with Crippen LogP contribution in [-0.4, -0.2) is 65.9 Å². The molecule has 2 amide bonds. The zero-order valence-corrected chi connectivity index (χ0v) is 16.5. The van der Waals surface area contributed by atoms with Gasteiger partial charge in [-0.3, -0.25) is 19.2 Å². The van der Waals surface area contributed by atoms with Crippen molar-refractivity contribution in [3.05, 3.63) is 47.5 Å². The Bertz CT molecular complexity index is 1100. The fourth-order valence-corrected chi connectivity index (χ4v) is 3.98. The first-order valence-corrected chi connectivity index (χ1v) is 10.1. The van der Waals surface area contributed by atoms with Crippen LogP contribution in [0.15, 0.2) is 35.1 Å². The monoisotopic (exact) mass is 409 g/mol. The van der Waals surface area contributed by atoms with Crippen LogP contribution in [-0.2, 0) is 17.7 Å². The van der Waals surface area contributed by atoms with Gasteiger partial charge in [0.15, 0.2) is 0 Å². The molecular weight excluding hydrogens is 386 g/mol. The summed E-state index contributed by atoms with van der Waals surface area (Å²) in [5.41, 5.74) is 2.24. The maximum absolute atomic E-state index is 12.7. The van der Waals surface area contributed by atoms with Gasteiger partial charge in [0.1, 0.15) is 12.0 Å². The van der Waals surface area contributed by atoms with E-state index in [2.05, 4.69) is 20.6 Å². The van der Waals surface area contributed by atoms with E-state index in [1.54, 1.807) is 6.20 Å². The maximum atomic E-state index is 12.7. The highest BCUT2D eigenvalue weighted by molar-refractivity contribution is 6.13. The van der Waals surface area contributed by atoms with E-state index in [0.29, 0.717) is 30.0 Å². The standard InChI is InChI=1S/C21H23N5O4/c27-20(16-13-30-18-3-4-22-21(28)19(16)18)24-15-1-2-17-14(11-15)12-23-26(17)6-5-25-7-9-29-10-8-25/h1-2,11-13H,3-10H2,(H,22,28)(H,24,27). The lowest BCUT2D eigenvalue weighted by Gasteiger charge is -2.26. The summed E-state index contributed by atoms with van der Waals surface area (Å²) < 4.78 is 12.8. The molecule has 0 atom stereocenters. The highest BCUT2D eigenvalue weighted by atomic mass is 16.5. The average molecular weight is 409 g/mol. The van der Waals surface area contributed by atoms with E-state index in [4.69, 9.17) is 9.15 Å². The molecule has 9 nitrogen and oxygen atoms in total. The molecule has 1 fully saturated rings. The minimum atomic E-state index is -0.365. The molecule has 0 radical (unpaired) electrons. The molecule has 0 unspecified atom stereocenters. The first kappa shape index (κ1) is 18.8. The summed E-state index contributed by atoms with van der Waals surface area (Å²) in [6.07, 6.45) is 3.74. The smallest absolute Gasteiger partial charge is 0.259 e. The number of fused-ring (bicyclic) bond motifs is 2. The number of rotatable bonds is 5. The van der Waals surface area contributed by atoms with Gasteiger partial charge in [0.25, 0.3) is 11.8 Å². The number of hydrogen-bond donors (Lipinski definition) is 2. The van der Waals surface area contributed by atoms with Crippen molar-refractivity contribution in [1.29, 1.82) is 0 Å². The number of anilines is 1. The van der Waals surface area contributed by atoms with Crippen LogP contribution in [0.1, 0.15) is 26.5 Å². The third-order valence-corrected chi connectivity index (χ3v) is 5.61. The SMILES string of the molecule is O=C(Nc1ccc2c(cnn2CCN2CCOCC2)c1)c1coc2c1C(=O)NCC2. The lowest BCUT2D eigenvalue weighted by Crippen LogP contribution is -2.38. The molecule has 0 saturated carbocycles. The molecule has 4 heterocycles. The second kappa shape index (κ2) is 7.92. The van der Waals surface area contributed by atoms with Gasteiger partial charge in [-0.25, -0.2) is 0 Å². The Balaban J connectivity index is 1.29. The molecule has 156 valence electrons. The van der Waals surface area contributed by atoms with Crippen LogP contribution in [0.2, 0.25) is 0 Å². The molecule has 2 aliphatic rings. The number of aromatic nitrogens is 2. The van der Waals surface area contributed by atoms with E-state index in [1.165, 1.54) is 6.26 Å². The molecule has 0 aliphatic carbocycles. The molecule has 3 aromatic rings. The van der Waals surface area contributed by atoms with Crippen molar-refractivity contribution < 1.29 is 18.7 Å². The van der Waals surface area contributed by atoms with Gasteiger partial charge in [-0.2, -0.15) is 5.10 Å². The van der Waals surface area contributed by atoms with Crippen molar-refractivity contribution in [2.24, 2.45) is 0 Å². The number of benzene rings is 1. The zero-order valence-electron chi connectivity index (χ0n) is 16.5. The predicted octanol–water partition coefficient (Wildman–Crippen LogP) is 1.50. The van der Waals surface area contributed by atoms with Crippen LogP contribution < -0.4 is 10.6 Å². The molecule has 2 N–H and O–H groups in total. The fourth-order valence-electron chi connectivity index (χ4n) is 3.98. The highest BCUT2D eigenvalue weighted by Gasteiger charge is 2.27. The Kier molecular flexibility index (Phi) is 4.97. The second-order valence-corrected chi connectivity index (χ2v) is 7.50. The van der Waals surface area contributed by atoms with Gasteiger partial charge in [0.2, 0.25) is 0 Å². The van der Waals surface area contributed by atoms with E-state index >= 15 is 0 Å². The van der Waals surface area contributed by atoms with Crippen molar-refractivity contribution in [2.45, 2.75) is 13.0 Å².